The Kier molecular flexibility index (Phi) is 3.07. The predicted molar refractivity (Wildman–Crippen MR) is 63.0 cm³/mol. The van der Waals surface area contributed by atoms with Gasteiger partial charge in [0.25, 0.3) is 5.82 Å². The van der Waals surface area contributed by atoms with Crippen LogP contribution < -0.4 is 9.46 Å². The molecular formula is C9H11N3O5S. The fourth-order valence-corrected chi connectivity index (χ4v) is 1.76. The minimum Gasteiger partial charge on any atom is -0.482 e. The first kappa shape index (κ1) is 12.6. The average Bonchev–Trinajstić information content (AvgIpc) is 3.01. The first-order chi connectivity index (χ1) is 8.35. The summed E-state index contributed by atoms with van der Waals surface area (Å²) in [5, 5.41) is 10.8. The minimum absolute atomic E-state index is 0.000725. The van der Waals surface area contributed by atoms with Gasteiger partial charge < -0.3 is 14.9 Å². The number of hydrogen-bond acceptors (Lipinski definition) is 6. The molecule has 18 heavy (non-hydrogen) atoms. The molecule has 1 fully saturated rings. The summed E-state index contributed by atoms with van der Waals surface area (Å²) in [5.74, 6) is -0.538. The van der Waals surface area contributed by atoms with Crippen LogP contribution in [-0.4, -0.2) is 30.7 Å². The molecule has 9 heteroatoms. The van der Waals surface area contributed by atoms with E-state index in [-0.39, 0.29) is 17.7 Å². The molecule has 0 amide bonds. The van der Waals surface area contributed by atoms with Crippen molar-refractivity contribution in [1.29, 1.82) is 0 Å². The highest BCUT2D eigenvalue weighted by molar-refractivity contribution is 7.92. The van der Waals surface area contributed by atoms with Crippen molar-refractivity contribution in [2.45, 2.75) is 18.9 Å². The Morgan fingerprint density at radius 3 is 2.67 bits per heavy atom. The lowest BCUT2D eigenvalue weighted by atomic mass is 10.4. The molecular weight excluding hydrogens is 262 g/mol. The largest absolute Gasteiger partial charge is 0.482 e. The summed E-state index contributed by atoms with van der Waals surface area (Å²) in [6.45, 7) is 0. The SMILES string of the molecule is CS(=O)(=O)Nc1ccc(OC2CC2)c([N+](=O)[O-])n1. The smallest absolute Gasteiger partial charge is 0.408 e. The number of nitrogens with zero attached hydrogens (tertiary/aromatic N) is 2. The van der Waals surface area contributed by atoms with Gasteiger partial charge in [-0.3, -0.25) is 0 Å². The van der Waals surface area contributed by atoms with Crippen LogP contribution in [0.4, 0.5) is 11.6 Å². The van der Waals surface area contributed by atoms with Crippen molar-refractivity contribution in [1.82, 2.24) is 4.98 Å². The summed E-state index contributed by atoms with van der Waals surface area (Å²) < 4.78 is 29.4. The zero-order valence-corrected chi connectivity index (χ0v) is 10.3. The first-order valence-electron chi connectivity index (χ1n) is 5.15. The van der Waals surface area contributed by atoms with E-state index in [0.717, 1.165) is 19.1 Å². The molecule has 0 aromatic carbocycles. The number of nitrogens with one attached hydrogen (secondary N) is 1. The maximum absolute atomic E-state index is 11.0. The Morgan fingerprint density at radius 2 is 2.17 bits per heavy atom. The van der Waals surface area contributed by atoms with E-state index in [9.17, 15) is 18.5 Å². The normalized spacial score (nSPS) is 15.2. The monoisotopic (exact) mass is 273 g/mol. The number of rotatable bonds is 5. The van der Waals surface area contributed by atoms with Gasteiger partial charge in [0.2, 0.25) is 15.8 Å². The second kappa shape index (κ2) is 4.41. The van der Waals surface area contributed by atoms with Crippen LogP contribution in [0.15, 0.2) is 12.1 Å². The highest BCUT2D eigenvalue weighted by Gasteiger charge is 2.28. The third kappa shape index (κ3) is 3.29. The molecule has 0 bridgehead atoms. The molecule has 1 saturated carbocycles. The molecule has 2 rings (SSSR count). The van der Waals surface area contributed by atoms with E-state index in [1.807, 2.05) is 0 Å². The number of sulfonamides is 1. The molecule has 0 saturated heterocycles. The lowest BCUT2D eigenvalue weighted by Gasteiger charge is -2.05. The minimum atomic E-state index is -3.52. The number of anilines is 1. The summed E-state index contributed by atoms with van der Waals surface area (Å²) in [4.78, 5) is 13.7. The third-order valence-corrected chi connectivity index (χ3v) is 2.70. The summed E-state index contributed by atoms with van der Waals surface area (Å²) in [5.41, 5.74) is 0. The van der Waals surface area contributed by atoms with Gasteiger partial charge in [-0.25, -0.2) is 13.1 Å². The van der Waals surface area contributed by atoms with Crippen LogP contribution in [0.25, 0.3) is 0 Å². The highest BCUT2D eigenvalue weighted by Crippen LogP contribution is 2.33. The van der Waals surface area contributed by atoms with Gasteiger partial charge in [-0.05, 0) is 28.8 Å². The van der Waals surface area contributed by atoms with Crippen LogP contribution in [0.5, 0.6) is 5.75 Å². The van der Waals surface area contributed by atoms with Gasteiger partial charge in [-0.15, -0.1) is 0 Å². The lowest BCUT2D eigenvalue weighted by molar-refractivity contribution is -0.390. The zero-order chi connectivity index (χ0) is 13.3. The lowest BCUT2D eigenvalue weighted by Crippen LogP contribution is -2.12. The first-order valence-corrected chi connectivity index (χ1v) is 7.04. The molecule has 1 heterocycles. The quantitative estimate of drug-likeness (QED) is 0.630. The second-order valence-electron chi connectivity index (χ2n) is 3.97. The van der Waals surface area contributed by atoms with Crippen LogP contribution in [0.3, 0.4) is 0 Å². The Morgan fingerprint density at radius 1 is 1.50 bits per heavy atom. The van der Waals surface area contributed by atoms with Gasteiger partial charge >= 0.3 is 5.82 Å². The number of aromatic nitrogens is 1. The Hall–Kier alpha value is -1.90. The van der Waals surface area contributed by atoms with Crippen LogP contribution in [0.1, 0.15) is 12.8 Å². The molecule has 0 radical (unpaired) electrons. The van der Waals surface area contributed by atoms with Crippen LogP contribution in [0.2, 0.25) is 0 Å². The van der Waals surface area contributed by atoms with Crippen LogP contribution in [0, 0.1) is 10.1 Å². The van der Waals surface area contributed by atoms with E-state index in [2.05, 4.69) is 9.71 Å². The summed E-state index contributed by atoms with van der Waals surface area (Å²) in [6, 6.07) is 2.67. The summed E-state index contributed by atoms with van der Waals surface area (Å²) in [6.07, 6.45) is 2.66. The van der Waals surface area contributed by atoms with E-state index in [1.165, 1.54) is 12.1 Å². The molecule has 1 aromatic heterocycles. The number of pyridine rings is 1. The van der Waals surface area contributed by atoms with E-state index < -0.39 is 20.8 Å². The molecule has 98 valence electrons. The van der Waals surface area contributed by atoms with Crippen molar-refractivity contribution in [2.75, 3.05) is 11.0 Å². The van der Waals surface area contributed by atoms with Gasteiger partial charge in [-0.2, -0.15) is 0 Å². The van der Waals surface area contributed by atoms with Crippen molar-refractivity contribution in [3.05, 3.63) is 22.2 Å². The molecule has 1 N–H and O–H groups in total. The average molecular weight is 273 g/mol. The van der Waals surface area contributed by atoms with E-state index in [4.69, 9.17) is 4.74 Å². The second-order valence-corrected chi connectivity index (χ2v) is 5.72. The number of ether oxygens (including phenoxy) is 1. The predicted octanol–water partition coefficient (Wildman–Crippen LogP) is 0.902. The molecule has 0 aliphatic heterocycles. The van der Waals surface area contributed by atoms with Crippen molar-refractivity contribution in [3.63, 3.8) is 0 Å². The topological polar surface area (TPSA) is 111 Å². The van der Waals surface area contributed by atoms with Gasteiger partial charge in [0.05, 0.1) is 12.4 Å². The fraction of sp³-hybridized carbons (Fsp3) is 0.444. The van der Waals surface area contributed by atoms with Gasteiger partial charge in [0.15, 0.2) is 0 Å². The Bertz CT molecular complexity index is 582. The fourth-order valence-electron chi connectivity index (χ4n) is 1.27. The van der Waals surface area contributed by atoms with Crippen molar-refractivity contribution in [2.24, 2.45) is 0 Å². The molecule has 0 unspecified atom stereocenters. The molecule has 0 spiro atoms. The van der Waals surface area contributed by atoms with Crippen molar-refractivity contribution >= 4 is 21.7 Å². The standard InChI is InChI=1S/C9H11N3O5S/c1-18(15,16)11-8-5-4-7(17-6-2-3-6)9(10-8)12(13)14/h4-6H,2-3H2,1H3,(H,10,11). The molecule has 0 atom stereocenters. The Balaban J connectivity index is 2.30. The van der Waals surface area contributed by atoms with Gasteiger partial charge in [0.1, 0.15) is 0 Å². The van der Waals surface area contributed by atoms with E-state index in [0.29, 0.717) is 0 Å². The van der Waals surface area contributed by atoms with Crippen LogP contribution >= 0.6 is 0 Å². The highest BCUT2D eigenvalue weighted by atomic mass is 32.2. The van der Waals surface area contributed by atoms with Gasteiger partial charge in [0, 0.05) is 6.07 Å². The maximum atomic E-state index is 11.0. The van der Waals surface area contributed by atoms with Crippen molar-refractivity contribution in [3.8, 4) is 5.75 Å². The third-order valence-electron chi connectivity index (χ3n) is 2.12. The zero-order valence-electron chi connectivity index (χ0n) is 9.49. The van der Waals surface area contributed by atoms with Crippen molar-refractivity contribution < 1.29 is 18.1 Å². The van der Waals surface area contributed by atoms with E-state index >= 15 is 0 Å². The van der Waals surface area contributed by atoms with Crippen LogP contribution in [-0.2, 0) is 10.0 Å². The van der Waals surface area contributed by atoms with Gasteiger partial charge in [-0.1, -0.05) is 0 Å². The summed E-state index contributed by atoms with van der Waals surface area (Å²) >= 11 is 0. The van der Waals surface area contributed by atoms with E-state index in [1.54, 1.807) is 0 Å². The molecule has 8 nitrogen and oxygen atoms in total. The molecule has 1 aromatic rings. The number of nitro groups is 1. The molecule has 1 aliphatic rings. The Labute approximate surface area is 103 Å². The maximum Gasteiger partial charge on any atom is 0.408 e. The summed E-state index contributed by atoms with van der Waals surface area (Å²) in [7, 11) is -3.52. The molecule has 1 aliphatic carbocycles. The number of hydrogen-bond donors (Lipinski definition) is 1.